The third kappa shape index (κ3) is 2.80. The van der Waals surface area contributed by atoms with E-state index < -0.39 is 5.79 Å². The number of hydrogen-bond acceptors (Lipinski definition) is 5. The zero-order valence-electron chi connectivity index (χ0n) is 13.0. The molecule has 0 bridgehead atoms. The van der Waals surface area contributed by atoms with Gasteiger partial charge in [0.25, 0.3) is 0 Å². The molecule has 2 aliphatic rings. The maximum atomic E-state index is 5.76. The maximum Gasteiger partial charge on any atom is 0.246 e. The summed E-state index contributed by atoms with van der Waals surface area (Å²) in [6.45, 7) is 6.53. The van der Waals surface area contributed by atoms with Crippen LogP contribution in [0.4, 0.5) is 5.69 Å². The summed E-state index contributed by atoms with van der Waals surface area (Å²) in [5.41, 5.74) is 1.01. The quantitative estimate of drug-likeness (QED) is 0.904. The van der Waals surface area contributed by atoms with Crippen LogP contribution in [0.25, 0.3) is 0 Å². The molecule has 0 radical (unpaired) electrons. The average Bonchev–Trinajstić information content (AvgIpc) is 2.71. The molecule has 1 aliphatic heterocycles. The topological polar surface area (TPSA) is 49.0 Å². The summed E-state index contributed by atoms with van der Waals surface area (Å²) in [7, 11) is 1.73. The Morgan fingerprint density at radius 1 is 1.29 bits per heavy atom. The fourth-order valence-electron chi connectivity index (χ4n) is 2.94. The van der Waals surface area contributed by atoms with Crippen molar-refractivity contribution >= 4 is 5.69 Å². The molecule has 1 aromatic carbocycles. The van der Waals surface area contributed by atoms with Crippen LogP contribution in [0.5, 0.6) is 11.5 Å². The number of hydrogen-bond donors (Lipinski definition) is 1. The van der Waals surface area contributed by atoms with Gasteiger partial charge in [0, 0.05) is 39.3 Å². The van der Waals surface area contributed by atoms with Crippen LogP contribution in [0.15, 0.2) is 18.2 Å². The molecule has 5 heteroatoms. The van der Waals surface area contributed by atoms with E-state index in [1.54, 1.807) is 7.11 Å². The number of benzene rings is 1. The molecule has 1 heterocycles. The molecular formula is C16H23NO4. The molecule has 1 fully saturated rings. The molecule has 116 valence electrons. The van der Waals surface area contributed by atoms with Crippen LogP contribution in [0.3, 0.4) is 0 Å². The standard InChI is InChI=1S/C16H23NO4/c1-5-19-14-9-11(15(14)18-4)17-10-6-7-12-13(8-10)21-16(2,3)20-12/h6-8,11,14-15,17H,5,9H2,1-4H3. The van der Waals surface area contributed by atoms with Gasteiger partial charge < -0.3 is 24.3 Å². The number of fused-ring (bicyclic) bond motifs is 1. The second-order valence-corrected chi connectivity index (χ2v) is 5.95. The summed E-state index contributed by atoms with van der Waals surface area (Å²) in [6, 6.07) is 6.18. The van der Waals surface area contributed by atoms with E-state index in [0.29, 0.717) is 0 Å². The van der Waals surface area contributed by atoms with Gasteiger partial charge in [0.1, 0.15) is 6.10 Å². The summed E-state index contributed by atoms with van der Waals surface area (Å²) in [4.78, 5) is 0. The van der Waals surface area contributed by atoms with E-state index in [2.05, 4.69) is 5.32 Å². The molecule has 0 amide bonds. The summed E-state index contributed by atoms with van der Waals surface area (Å²) in [6.07, 6.45) is 1.23. The van der Waals surface area contributed by atoms with Crippen molar-refractivity contribution in [2.75, 3.05) is 19.0 Å². The van der Waals surface area contributed by atoms with Crippen molar-refractivity contribution in [3.05, 3.63) is 18.2 Å². The molecule has 1 aromatic rings. The van der Waals surface area contributed by atoms with Crippen molar-refractivity contribution in [2.24, 2.45) is 0 Å². The van der Waals surface area contributed by atoms with Gasteiger partial charge in [-0.05, 0) is 25.5 Å². The van der Waals surface area contributed by atoms with Crippen LogP contribution < -0.4 is 14.8 Å². The third-order valence-electron chi connectivity index (χ3n) is 3.91. The van der Waals surface area contributed by atoms with Gasteiger partial charge in [-0.2, -0.15) is 0 Å². The van der Waals surface area contributed by atoms with E-state index >= 15 is 0 Å². The first-order valence-corrected chi connectivity index (χ1v) is 7.45. The Morgan fingerprint density at radius 2 is 2.05 bits per heavy atom. The highest BCUT2D eigenvalue weighted by Gasteiger charge is 2.42. The molecule has 1 saturated carbocycles. The van der Waals surface area contributed by atoms with Gasteiger partial charge in [0.2, 0.25) is 5.79 Å². The number of rotatable bonds is 5. The summed E-state index contributed by atoms with van der Waals surface area (Å²) >= 11 is 0. The normalized spacial score (nSPS) is 29.0. The van der Waals surface area contributed by atoms with Crippen molar-refractivity contribution in [2.45, 2.75) is 51.2 Å². The average molecular weight is 293 g/mol. The molecular weight excluding hydrogens is 270 g/mol. The van der Waals surface area contributed by atoms with E-state index in [-0.39, 0.29) is 18.2 Å². The number of nitrogens with one attached hydrogen (secondary N) is 1. The van der Waals surface area contributed by atoms with Gasteiger partial charge in [-0.15, -0.1) is 0 Å². The lowest BCUT2D eigenvalue weighted by Crippen LogP contribution is -2.56. The van der Waals surface area contributed by atoms with Crippen LogP contribution in [0, 0.1) is 0 Å². The fraction of sp³-hybridized carbons (Fsp3) is 0.625. The van der Waals surface area contributed by atoms with Gasteiger partial charge in [-0.25, -0.2) is 0 Å². The Morgan fingerprint density at radius 3 is 2.76 bits per heavy atom. The highest BCUT2D eigenvalue weighted by atomic mass is 16.7. The summed E-state index contributed by atoms with van der Waals surface area (Å²) < 4.78 is 22.6. The van der Waals surface area contributed by atoms with E-state index in [0.717, 1.165) is 30.2 Å². The monoisotopic (exact) mass is 293 g/mol. The highest BCUT2D eigenvalue weighted by molar-refractivity contribution is 5.57. The Bertz CT molecular complexity index is 517. The van der Waals surface area contributed by atoms with Gasteiger partial charge in [0.05, 0.1) is 12.1 Å². The molecule has 1 N–H and O–H groups in total. The summed E-state index contributed by atoms with van der Waals surface area (Å²) in [5, 5.41) is 3.48. The Hall–Kier alpha value is -1.46. The predicted octanol–water partition coefficient (Wildman–Crippen LogP) is 2.80. The lowest BCUT2D eigenvalue weighted by atomic mass is 9.85. The van der Waals surface area contributed by atoms with E-state index in [1.807, 2.05) is 39.0 Å². The highest BCUT2D eigenvalue weighted by Crippen LogP contribution is 2.41. The first-order valence-electron chi connectivity index (χ1n) is 7.45. The Kier molecular flexibility index (Phi) is 3.71. The molecule has 0 spiro atoms. The molecule has 21 heavy (non-hydrogen) atoms. The molecule has 1 aliphatic carbocycles. The lowest BCUT2D eigenvalue weighted by molar-refractivity contribution is -0.118. The zero-order chi connectivity index (χ0) is 15.0. The van der Waals surface area contributed by atoms with Gasteiger partial charge in [-0.1, -0.05) is 0 Å². The van der Waals surface area contributed by atoms with Crippen LogP contribution in [0.2, 0.25) is 0 Å². The molecule has 3 rings (SSSR count). The van der Waals surface area contributed by atoms with Crippen molar-refractivity contribution < 1.29 is 18.9 Å². The van der Waals surface area contributed by atoms with Crippen LogP contribution in [0.1, 0.15) is 27.2 Å². The second kappa shape index (κ2) is 5.39. The Labute approximate surface area is 125 Å². The zero-order valence-corrected chi connectivity index (χ0v) is 13.0. The minimum atomic E-state index is -0.591. The van der Waals surface area contributed by atoms with Gasteiger partial charge in [-0.3, -0.25) is 0 Å². The first-order chi connectivity index (χ1) is 10.0. The van der Waals surface area contributed by atoms with Crippen LogP contribution in [-0.4, -0.2) is 37.8 Å². The summed E-state index contributed by atoms with van der Waals surface area (Å²) in [5.74, 6) is 0.973. The van der Waals surface area contributed by atoms with Gasteiger partial charge in [0.15, 0.2) is 11.5 Å². The minimum Gasteiger partial charge on any atom is -0.449 e. The SMILES string of the molecule is CCOC1CC(Nc2ccc3c(c2)OC(C)(C)O3)C1OC. The molecule has 0 saturated heterocycles. The molecule has 0 aromatic heterocycles. The van der Waals surface area contributed by atoms with Gasteiger partial charge >= 0.3 is 0 Å². The van der Waals surface area contributed by atoms with E-state index in [4.69, 9.17) is 18.9 Å². The Balaban J connectivity index is 1.65. The van der Waals surface area contributed by atoms with Crippen molar-refractivity contribution in [1.82, 2.24) is 0 Å². The second-order valence-electron chi connectivity index (χ2n) is 5.95. The van der Waals surface area contributed by atoms with Crippen LogP contribution in [-0.2, 0) is 9.47 Å². The molecule has 5 nitrogen and oxygen atoms in total. The van der Waals surface area contributed by atoms with Crippen molar-refractivity contribution in [1.29, 1.82) is 0 Å². The lowest BCUT2D eigenvalue weighted by Gasteiger charge is -2.43. The predicted molar refractivity (Wildman–Crippen MR) is 80.0 cm³/mol. The first kappa shape index (κ1) is 14.5. The van der Waals surface area contributed by atoms with Crippen molar-refractivity contribution in [3.63, 3.8) is 0 Å². The third-order valence-corrected chi connectivity index (χ3v) is 3.91. The van der Waals surface area contributed by atoms with E-state index in [1.165, 1.54) is 0 Å². The number of anilines is 1. The smallest absolute Gasteiger partial charge is 0.246 e. The fourth-order valence-corrected chi connectivity index (χ4v) is 2.94. The molecule has 3 atom stereocenters. The van der Waals surface area contributed by atoms with Crippen molar-refractivity contribution in [3.8, 4) is 11.5 Å². The minimum absolute atomic E-state index is 0.0896. The van der Waals surface area contributed by atoms with E-state index in [9.17, 15) is 0 Å². The molecule has 3 unspecified atom stereocenters. The van der Waals surface area contributed by atoms with Crippen LogP contribution >= 0.6 is 0 Å². The largest absolute Gasteiger partial charge is 0.449 e. The number of methoxy groups -OCH3 is 1. The number of ether oxygens (including phenoxy) is 4. The maximum absolute atomic E-state index is 5.76.